The molecule has 0 spiro atoms. The fourth-order valence-corrected chi connectivity index (χ4v) is 4.41. The number of ether oxygens (including phenoxy) is 3. The van der Waals surface area contributed by atoms with Gasteiger partial charge < -0.3 is 24.4 Å². The molecule has 0 fully saturated rings. The molecule has 35 heavy (non-hydrogen) atoms. The van der Waals surface area contributed by atoms with Crippen molar-refractivity contribution in [3.05, 3.63) is 53.6 Å². The molecule has 0 bridgehead atoms. The highest BCUT2D eigenvalue weighted by Crippen LogP contribution is 2.27. The number of methoxy groups -OCH3 is 2. The first-order valence-corrected chi connectivity index (χ1v) is 11.9. The van der Waals surface area contributed by atoms with Gasteiger partial charge in [0.15, 0.2) is 0 Å². The van der Waals surface area contributed by atoms with Gasteiger partial charge in [0.05, 0.1) is 18.8 Å². The topological polar surface area (TPSA) is 80.3 Å². The molecule has 0 saturated heterocycles. The molecule has 2 aromatic rings. The molecule has 1 heterocycles. The van der Waals surface area contributed by atoms with E-state index in [9.17, 15) is 9.59 Å². The maximum Gasteiger partial charge on any atom is 0.257 e. The first kappa shape index (κ1) is 26.5. The Hall–Kier alpha value is -3.10. The van der Waals surface area contributed by atoms with Crippen molar-refractivity contribution in [1.82, 2.24) is 9.80 Å². The molecule has 1 aliphatic heterocycles. The zero-order valence-electron chi connectivity index (χ0n) is 21.5. The number of benzene rings is 2. The maximum atomic E-state index is 13.4. The van der Waals surface area contributed by atoms with E-state index < -0.39 is 0 Å². The van der Waals surface area contributed by atoms with Crippen LogP contribution < -0.4 is 14.8 Å². The predicted octanol–water partition coefficient (Wildman–Crippen LogP) is 3.66. The lowest BCUT2D eigenvalue weighted by Gasteiger charge is -2.36. The third kappa shape index (κ3) is 6.74. The second kappa shape index (κ2) is 12.0. The molecule has 0 radical (unpaired) electrons. The molecule has 0 aliphatic carbocycles. The Morgan fingerprint density at radius 3 is 2.57 bits per heavy atom. The summed E-state index contributed by atoms with van der Waals surface area (Å²) in [6.07, 6.45) is -0.154. The number of hydrogen-bond acceptors (Lipinski definition) is 6. The van der Waals surface area contributed by atoms with Gasteiger partial charge in [-0.05, 0) is 37.1 Å². The molecule has 1 N–H and O–H groups in total. The van der Waals surface area contributed by atoms with E-state index in [0.29, 0.717) is 36.7 Å². The zero-order chi connectivity index (χ0) is 25.5. The van der Waals surface area contributed by atoms with Gasteiger partial charge in [-0.25, -0.2) is 0 Å². The number of likely N-dealkylation sites (N-methyl/N-ethyl adjacent to an activating group) is 1. The number of para-hydroxylation sites is 1. The fraction of sp³-hybridized carbons (Fsp3) is 0.481. The van der Waals surface area contributed by atoms with Crippen LogP contribution in [0.15, 0.2) is 42.5 Å². The lowest BCUT2D eigenvalue weighted by molar-refractivity contribution is -0.114. The van der Waals surface area contributed by atoms with E-state index in [2.05, 4.69) is 30.1 Å². The van der Waals surface area contributed by atoms with E-state index in [1.165, 1.54) is 6.92 Å². The summed E-state index contributed by atoms with van der Waals surface area (Å²) in [6, 6.07) is 13.2. The monoisotopic (exact) mass is 483 g/mol. The molecule has 1 aliphatic rings. The smallest absolute Gasteiger partial charge is 0.257 e. The molecule has 2 aromatic carbocycles. The van der Waals surface area contributed by atoms with Crippen molar-refractivity contribution in [1.29, 1.82) is 0 Å². The minimum Gasteiger partial charge on any atom is -0.496 e. The highest BCUT2D eigenvalue weighted by Gasteiger charge is 2.29. The van der Waals surface area contributed by atoms with E-state index in [4.69, 9.17) is 14.2 Å². The summed E-state index contributed by atoms with van der Waals surface area (Å²) in [4.78, 5) is 28.9. The summed E-state index contributed by atoms with van der Waals surface area (Å²) < 4.78 is 17.6. The van der Waals surface area contributed by atoms with Crippen molar-refractivity contribution >= 4 is 17.5 Å². The number of carbonyl (C=O) groups is 2. The van der Waals surface area contributed by atoms with Gasteiger partial charge >= 0.3 is 0 Å². The molecule has 0 saturated carbocycles. The standard InChI is InChI=1S/C27H37N3O5/c1-18-14-30(15-21-9-7-8-10-24(21)33-5)19(2)17-35-25-12-11-22(28-20(3)31)13-23(25)27(32)29(4)16-26(18)34-6/h7-13,18-19,26H,14-17H2,1-6H3,(H,28,31)/t18-,19-,26-/m0/s1. The number of fused-ring (bicyclic) bond motifs is 1. The van der Waals surface area contributed by atoms with Gasteiger partial charge in [0.1, 0.15) is 18.1 Å². The van der Waals surface area contributed by atoms with Crippen LogP contribution in [0.5, 0.6) is 11.5 Å². The average molecular weight is 484 g/mol. The normalized spacial score (nSPS) is 21.8. The highest BCUT2D eigenvalue weighted by atomic mass is 16.5. The van der Waals surface area contributed by atoms with Gasteiger partial charge in [-0.2, -0.15) is 0 Å². The summed E-state index contributed by atoms with van der Waals surface area (Å²) in [7, 11) is 5.13. The van der Waals surface area contributed by atoms with Crippen LogP contribution in [0.2, 0.25) is 0 Å². The van der Waals surface area contributed by atoms with Crippen LogP contribution >= 0.6 is 0 Å². The molecule has 2 amide bonds. The molecular weight excluding hydrogens is 446 g/mol. The number of amides is 2. The van der Waals surface area contributed by atoms with Gasteiger partial charge in [-0.15, -0.1) is 0 Å². The Kier molecular flexibility index (Phi) is 9.12. The van der Waals surface area contributed by atoms with Crippen molar-refractivity contribution < 1.29 is 23.8 Å². The molecule has 3 atom stereocenters. The quantitative estimate of drug-likeness (QED) is 0.699. The SMILES string of the molecule is COc1ccccc1CN1C[C@H](C)[C@@H](OC)CN(C)C(=O)c2cc(NC(C)=O)ccc2OC[C@@H]1C. The van der Waals surface area contributed by atoms with E-state index in [0.717, 1.165) is 17.9 Å². The Morgan fingerprint density at radius 1 is 1.14 bits per heavy atom. The summed E-state index contributed by atoms with van der Waals surface area (Å²) >= 11 is 0. The average Bonchev–Trinajstić information content (AvgIpc) is 2.84. The van der Waals surface area contributed by atoms with Crippen molar-refractivity contribution in [2.75, 3.05) is 46.3 Å². The molecule has 0 unspecified atom stereocenters. The van der Waals surface area contributed by atoms with Gasteiger partial charge in [-0.3, -0.25) is 14.5 Å². The third-order valence-electron chi connectivity index (χ3n) is 6.46. The van der Waals surface area contributed by atoms with E-state index in [-0.39, 0.29) is 29.9 Å². The van der Waals surface area contributed by atoms with Crippen LogP contribution in [0.3, 0.4) is 0 Å². The summed E-state index contributed by atoms with van der Waals surface area (Å²) in [6.45, 7) is 7.97. The first-order valence-electron chi connectivity index (χ1n) is 11.9. The van der Waals surface area contributed by atoms with E-state index in [1.807, 2.05) is 18.2 Å². The van der Waals surface area contributed by atoms with Gasteiger partial charge in [0.25, 0.3) is 5.91 Å². The van der Waals surface area contributed by atoms with Crippen LogP contribution in [0.4, 0.5) is 5.69 Å². The van der Waals surface area contributed by atoms with E-state index >= 15 is 0 Å². The van der Waals surface area contributed by atoms with Crippen molar-refractivity contribution in [3.8, 4) is 11.5 Å². The fourth-order valence-electron chi connectivity index (χ4n) is 4.41. The maximum absolute atomic E-state index is 13.4. The van der Waals surface area contributed by atoms with Crippen molar-refractivity contribution in [2.24, 2.45) is 5.92 Å². The zero-order valence-corrected chi connectivity index (χ0v) is 21.5. The molecule has 8 nitrogen and oxygen atoms in total. The minimum absolute atomic E-state index is 0.0509. The second-order valence-corrected chi connectivity index (χ2v) is 9.23. The number of hydrogen-bond donors (Lipinski definition) is 1. The van der Waals surface area contributed by atoms with Crippen LogP contribution in [-0.2, 0) is 16.1 Å². The molecule has 8 heteroatoms. The van der Waals surface area contributed by atoms with Crippen LogP contribution in [0.25, 0.3) is 0 Å². The number of anilines is 1. The van der Waals surface area contributed by atoms with E-state index in [1.54, 1.807) is 44.4 Å². The van der Waals surface area contributed by atoms with Crippen molar-refractivity contribution in [3.63, 3.8) is 0 Å². The molecule has 3 rings (SSSR count). The predicted molar refractivity (Wildman–Crippen MR) is 136 cm³/mol. The number of rotatable bonds is 5. The Bertz CT molecular complexity index is 1030. The van der Waals surface area contributed by atoms with Crippen LogP contribution in [-0.4, -0.2) is 74.7 Å². The van der Waals surface area contributed by atoms with Gasteiger partial charge in [-0.1, -0.05) is 25.1 Å². The Labute approximate surface area is 208 Å². The van der Waals surface area contributed by atoms with Crippen LogP contribution in [0, 0.1) is 5.92 Å². The van der Waals surface area contributed by atoms with Crippen molar-refractivity contribution in [2.45, 2.75) is 39.5 Å². The molecule has 190 valence electrons. The number of carbonyl (C=O) groups excluding carboxylic acids is 2. The van der Waals surface area contributed by atoms with Crippen LogP contribution in [0.1, 0.15) is 36.7 Å². The summed E-state index contributed by atoms with van der Waals surface area (Å²) in [5, 5.41) is 2.75. The minimum atomic E-state index is -0.200. The molecule has 0 aromatic heterocycles. The lowest BCUT2D eigenvalue weighted by Crippen LogP contribution is -2.46. The highest BCUT2D eigenvalue weighted by molar-refractivity contribution is 5.99. The van der Waals surface area contributed by atoms with Gasteiger partial charge in [0.2, 0.25) is 5.91 Å². The number of nitrogens with one attached hydrogen (secondary N) is 1. The Balaban J connectivity index is 1.96. The second-order valence-electron chi connectivity index (χ2n) is 9.23. The first-order chi connectivity index (χ1) is 16.7. The molecular formula is C27H37N3O5. The van der Waals surface area contributed by atoms with Gasteiger partial charge in [0, 0.05) is 58.0 Å². The largest absolute Gasteiger partial charge is 0.496 e. The Morgan fingerprint density at radius 2 is 1.89 bits per heavy atom. The summed E-state index contributed by atoms with van der Waals surface area (Å²) in [5.41, 5.74) is 2.06. The number of nitrogens with zero attached hydrogens (tertiary/aromatic N) is 2. The lowest BCUT2D eigenvalue weighted by atomic mass is 10.0. The third-order valence-corrected chi connectivity index (χ3v) is 6.46. The summed E-state index contributed by atoms with van der Waals surface area (Å²) in [5.74, 6) is 1.11.